The van der Waals surface area contributed by atoms with E-state index in [0.29, 0.717) is 0 Å². The number of hydrogen-bond donors (Lipinski definition) is 2. The third-order valence-corrected chi connectivity index (χ3v) is 4.58. The monoisotopic (exact) mass is 342 g/mol. The molecule has 0 aliphatic heterocycles. The summed E-state index contributed by atoms with van der Waals surface area (Å²) >= 11 is 11.5. The molecule has 0 heterocycles. The van der Waals surface area contributed by atoms with E-state index in [9.17, 15) is 13.5 Å². The average Bonchev–Trinajstić information content (AvgIpc) is 2.42. The van der Waals surface area contributed by atoms with Crippen LogP contribution in [0.5, 0.6) is 5.75 Å². The molecule has 0 saturated heterocycles. The highest BCUT2D eigenvalue weighted by atomic mass is 35.5. The van der Waals surface area contributed by atoms with Crippen molar-refractivity contribution in [1.29, 1.82) is 5.26 Å². The highest BCUT2D eigenvalue weighted by molar-refractivity contribution is 7.92. The number of anilines is 1. The van der Waals surface area contributed by atoms with Crippen molar-refractivity contribution in [2.75, 3.05) is 4.72 Å². The Labute approximate surface area is 131 Å². The molecular weight excluding hydrogens is 335 g/mol. The average molecular weight is 343 g/mol. The molecule has 0 radical (unpaired) electrons. The summed E-state index contributed by atoms with van der Waals surface area (Å²) in [5, 5.41) is 18.4. The summed E-state index contributed by atoms with van der Waals surface area (Å²) in [5.41, 5.74) is 0.331. The fourth-order valence-corrected chi connectivity index (χ4v) is 3.02. The van der Waals surface area contributed by atoms with Gasteiger partial charge in [0.15, 0.2) is 0 Å². The maximum Gasteiger partial charge on any atom is 0.261 e. The summed E-state index contributed by atoms with van der Waals surface area (Å²) in [6.07, 6.45) is 0. The lowest BCUT2D eigenvalue weighted by atomic mass is 10.2. The van der Waals surface area contributed by atoms with Crippen molar-refractivity contribution >= 4 is 38.9 Å². The van der Waals surface area contributed by atoms with Crippen LogP contribution in [0.3, 0.4) is 0 Å². The second-order valence-corrected chi connectivity index (χ2v) is 6.52. The van der Waals surface area contributed by atoms with Gasteiger partial charge in [-0.3, -0.25) is 4.72 Å². The van der Waals surface area contributed by atoms with Crippen LogP contribution in [0.25, 0.3) is 0 Å². The molecule has 0 spiro atoms. The smallest absolute Gasteiger partial charge is 0.261 e. The van der Waals surface area contributed by atoms with Gasteiger partial charge in [0.05, 0.1) is 26.2 Å². The number of rotatable bonds is 3. The summed E-state index contributed by atoms with van der Waals surface area (Å²) in [4.78, 5) is -0.0964. The van der Waals surface area contributed by atoms with Gasteiger partial charge in [-0.15, -0.1) is 0 Å². The number of phenols is 1. The Bertz CT molecular complexity index is 845. The topological polar surface area (TPSA) is 90.2 Å². The van der Waals surface area contributed by atoms with Crippen molar-refractivity contribution < 1.29 is 13.5 Å². The van der Waals surface area contributed by atoms with Crippen LogP contribution < -0.4 is 4.72 Å². The molecule has 0 unspecified atom stereocenters. The molecule has 0 bridgehead atoms. The maximum atomic E-state index is 12.2. The van der Waals surface area contributed by atoms with E-state index < -0.39 is 10.0 Å². The van der Waals surface area contributed by atoms with Crippen LogP contribution >= 0.6 is 23.2 Å². The standard InChI is InChI=1S/C13H8Cl2N2O3S/c14-11-4-2-9(5-13(11)18)17-21(19,20)10-3-1-8(7-16)12(15)6-10/h1-6,17-18H. The predicted molar refractivity (Wildman–Crippen MR) is 80.1 cm³/mol. The lowest BCUT2D eigenvalue weighted by Gasteiger charge is -2.09. The number of hydrogen-bond acceptors (Lipinski definition) is 4. The maximum absolute atomic E-state index is 12.2. The molecule has 0 amide bonds. The van der Waals surface area contributed by atoms with Crippen LogP contribution in [-0.4, -0.2) is 13.5 Å². The van der Waals surface area contributed by atoms with Crippen LogP contribution in [0, 0.1) is 11.3 Å². The number of sulfonamides is 1. The van der Waals surface area contributed by atoms with E-state index in [4.69, 9.17) is 28.5 Å². The quantitative estimate of drug-likeness (QED) is 0.894. The van der Waals surface area contributed by atoms with Gasteiger partial charge in [-0.1, -0.05) is 23.2 Å². The van der Waals surface area contributed by atoms with Gasteiger partial charge < -0.3 is 5.11 Å². The van der Waals surface area contributed by atoms with Crippen LogP contribution in [0.2, 0.25) is 10.0 Å². The van der Waals surface area contributed by atoms with Crippen LogP contribution in [0.1, 0.15) is 5.56 Å². The minimum atomic E-state index is -3.89. The fraction of sp³-hybridized carbons (Fsp3) is 0. The summed E-state index contributed by atoms with van der Waals surface area (Å²) in [6.45, 7) is 0. The van der Waals surface area contributed by atoms with E-state index in [1.165, 1.54) is 36.4 Å². The lowest BCUT2D eigenvalue weighted by Crippen LogP contribution is -2.13. The number of nitrogens with zero attached hydrogens (tertiary/aromatic N) is 1. The third-order valence-electron chi connectivity index (χ3n) is 2.57. The Balaban J connectivity index is 2.36. The molecule has 21 heavy (non-hydrogen) atoms. The molecule has 0 aromatic heterocycles. The second kappa shape index (κ2) is 5.82. The molecule has 2 N–H and O–H groups in total. The fourth-order valence-electron chi connectivity index (χ4n) is 1.54. The SMILES string of the molecule is N#Cc1ccc(S(=O)(=O)Nc2ccc(Cl)c(O)c2)cc1Cl. The number of halogens is 2. The Morgan fingerprint density at radius 3 is 2.38 bits per heavy atom. The first kappa shape index (κ1) is 15.4. The van der Waals surface area contributed by atoms with Gasteiger partial charge >= 0.3 is 0 Å². The Kier molecular flexibility index (Phi) is 4.28. The number of nitrogens with one attached hydrogen (secondary N) is 1. The van der Waals surface area contributed by atoms with E-state index in [1.54, 1.807) is 0 Å². The van der Waals surface area contributed by atoms with Crippen molar-refractivity contribution in [3.8, 4) is 11.8 Å². The third kappa shape index (κ3) is 3.39. The van der Waals surface area contributed by atoms with Gasteiger partial charge in [0.2, 0.25) is 0 Å². The number of nitriles is 1. The highest BCUT2D eigenvalue weighted by Gasteiger charge is 2.16. The molecule has 0 saturated carbocycles. The van der Waals surface area contributed by atoms with E-state index in [1.807, 2.05) is 6.07 Å². The molecule has 108 valence electrons. The first-order chi connectivity index (χ1) is 9.83. The Morgan fingerprint density at radius 1 is 1.10 bits per heavy atom. The first-order valence-electron chi connectivity index (χ1n) is 5.54. The van der Waals surface area contributed by atoms with Gasteiger partial charge in [0, 0.05) is 6.07 Å². The summed E-state index contributed by atoms with van der Waals surface area (Å²) in [7, 11) is -3.89. The summed E-state index contributed by atoms with van der Waals surface area (Å²) in [6, 6.07) is 9.56. The van der Waals surface area contributed by atoms with Crippen molar-refractivity contribution in [2.45, 2.75) is 4.90 Å². The molecule has 5 nitrogen and oxygen atoms in total. The van der Waals surface area contributed by atoms with Crippen LogP contribution in [-0.2, 0) is 10.0 Å². The van der Waals surface area contributed by atoms with Gasteiger partial charge in [0.1, 0.15) is 11.8 Å². The molecule has 2 aromatic carbocycles. The van der Waals surface area contributed by atoms with Crippen LogP contribution in [0.4, 0.5) is 5.69 Å². The van der Waals surface area contributed by atoms with Crippen molar-refractivity contribution in [2.24, 2.45) is 0 Å². The molecule has 0 atom stereocenters. The molecular formula is C13H8Cl2N2O3S. The zero-order chi connectivity index (χ0) is 15.6. The zero-order valence-electron chi connectivity index (χ0n) is 10.3. The molecule has 0 fully saturated rings. The van der Waals surface area contributed by atoms with E-state index >= 15 is 0 Å². The number of phenolic OH excluding ortho intramolecular Hbond substituents is 1. The van der Waals surface area contributed by atoms with Gasteiger partial charge in [-0.05, 0) is 30.3 Å². The van der Waals surface area contributed by atoms with E-state index in [-0.39, 0.29) is 31.9 Å². The minimum Gasteiger partial charge on any atom is -0.506 e. The van der Waals surface area contributed by atoms with Gasteiger partial charge in [0.25, 0.3) is 10.0 Å². The number of aromatic hydroxyl groups is 1. The molecule has 8 heteroatoms. The van der Waals surface area contributed by atoms with Crippen molar-refractivity contribution in [1.82, 2.24) is 0 Å². The summed E-state index contributed by atoms with van der Waals surface area (Å²) in [5.74, 6) is -0.241. The highest BCUT2D eigenvalue weighted by Crippen LogP contribution is 2.28. The molecule has 0 aliphatic rings. The van der Waals surface area contributed by atoms with Gasteiger partial charge in [-0.25, -0.2) is 8.42 Å². The zero-order valence-corrected chi connectivity index (χ0v) is 12.7. The normalized spacial score (nSPS) is 10.9. The number of benzene rings is 2. The van der Waals surface area contributed by atoms with Crippen molar-refractivity contribution in [3.63, 3.8) is 0 Å². The predicted octanol–water partition coefficient (Wildman–Crippen LogP) is 3.37. The lowest BCUT2D eigenvalue weighted by molar-refractivity contribution is 0.476. The second-order valence-electron chi connectivity index (χ2n) is 4.03. The van der Waals surface area contributed by atoms with E-state index in [0.717, 1.165) is 0 Å². The largest absolute Gasteiger partial charge is 0.506 e. The van der Waals surface area contributed by atoms with E-state index in [2.05, 4.69) is 4.72 Å². The van der Waals surface area contributed by atoms with Crippen molar-refractivity contribution in [3.05, 3.63) is 52.0 Å². The summed E-state index contributed by atoms with van der Waals surface area (Å²) < 4.78 is 26.6. The molecule has 0 aliphatic carbocycles. The van der Waals surface area contributed by atoms with Crippen LogP contribution in [0.15, 0.2) is 41.3 Å². The minimum absolute atomic E-state index is 0.0410. The Morgan fingerprint density at radius 2 is 1.81 bits per heavy atom. The Hall–Kier alpha value is -1.94. The molecule has 2 aromatic rings. The molecule has 2 rings (SSSR count). The van der Waals surface area contributed by atoms with Gasteiger partial charge in [-0.2, -0.15) is 5.26 Å². The first-order valence-corrected chi connectivity index (χ1v) is 7.78.